The van der Waals surface area contributed by atoms with Gasteiger partial charge in [0.2, 0.25) is 0 Å². The van der Waals surface area contributed by atoms with Gasteiger partial charge in [0.25, 0.3) is 0 Å². The largest absolute Gasteiger partial charge is 0.478 e. The van der Waals surface area contributed by atoms with Crippen molar-refractivity contribution in [1.82, 2.24) is 4.98 Å². The van der Waals surface area contributed by atoms with E-state index in [1.54, 1.807) is 0 Å². The zero-order valence-electron chi connectivity index (χ0n) is 12.0. The highest BCUT2D eigenvalue weighted by Crippen LogP contribution is 2.26. The number of aliphatic hydroxyl groups excluding tert-OH is 1. The molecule has 5 nitrogen and oxygen atoms in total. The minimum atomic E-state index is -0.987. The Hall–Kier alpha value is -2.14. The van der Waals surface area contributed by atoms with Crippen molar-refractivity contribution in [3.05, 3.63) is 36.0 Å². The fourth-order valence-electron chi connectivity index (χ4n) is 2.25. The maximum absolute atomic E-state index is 11.3. The molecule has 2 aromatic rings. The molecule has 0 saturated heterocycles. The van der Waals surface area contributed by atoms with Gasteiger partial charge in [0.15, 0.2) is 0 Å². The predicted molar refractivity (Wildman–Crippen MR) is 82.7 cm³/mol. The smallest absolute Gasteiger partial charge is 0.339 e. The zero-order chi connectivity index (χ0) is 15.2. The summed E-state index contributed by atoms with van der Waals surface area (Å²) >= 11 is 0. The van der Waals surface area contributed by atoms with E-state index in [-0.39, 0.29) is 18.1 Å². The first-order valence-electron chi connectivity index (χ1n) is 7.09. The van der Waals surface area contributed by atoms with Crippen molar-refractivity contribution in [2.24, 2.45) is 5.92 Å². The van der Waals surface area contributed by atoms with E-state index in [1.807, 2.05) is 31.2 Å². The Labute approximate surface area is 123 Å². The molecule has 0 fully saturated rings. The number of aliphatic hydroxyl groups is 1. The van der Waals surface area contributed by atoms with Gasteiger partial charge < -0.3 is 15.5 Å². The number of carboxylic acids is 1. The second-order valence-corrected chi connectivity index (χ2v) is 5.23. The van der Waals surface area contributed by atoms with Crippen molar-refractivity contribution in [1.29, 1.82) is 0 Å². The Morgan fingerprint density at radius 2 is 2.14 bits per heavy atom. The van der Waals surface area contributed by atoms with Crippen LogP contribution in [0.1, 0.15) is 30.1 Å². The van der Waals surface area contributed by atoms with Crippen LogP contribution in [0.5, 0.6) is 0 Å². The number of nitrogens with zero attached hydrogens (tertiary/aromatic N) is 1. The van der Waals surface area contributed by atoms with E-state index >= 15 is 0 Å². The predicted octanol–water partition coefficient (Wildman–Crippen LogP) is 2.75. The van der Waals surface area contributed by atoms with Crippen molar-refractivity contribution in [2.45, 2.75) is 19.8 Å². The summed E-state index contributed by atoms with van der Waals surface area (Å²) in [6.07, 6.45) is 3.16. The van der Waals surface area contributed by atoms with Gasteiger partial charge in [-0.3, -0.25) is 4.98 Å². The van der Waals surface area contributed by atoms with Crippen molar-refractivity contribution in [3.63, 3.8) is 0 Å². The molecule has 21 heavy (non-hydrogen) atoms. The molecule has 0 saturated carbocycles. The van der Waals surface area contributed by atoms with Gasteiger partial charge in [0.05, 0.1) is 11.2 Å². The third kappa shape index (κ3) is 3.70. The number of aromatic nitrogens is 1. The van der Waals surface area contributed by atoms with E-state index in [4.69, 9.17) is 5.11 Å². The number of carbonyl (C=O) groups is 1. The number of fused-ring (bicyclic) bond motifs is 1. The van der Waals surface area contributed by atoms with Gasteiger partial charge in [-0.05, 0) is 24.8 Å². The molecule has 1 atom stereocenters. The molecule has 1 unspecified atom stereocenters. The van der Waals surface area contributed by atoms with Gasteiger partial charge in [0, 0.05) is 24.7 Å². The Balaban J connectivity index is 2.19. The minimum absolute atomic E-state index is 0.179. The summed E-state index contributed by atoms with van der Waals surface area (Å²) in [5.41, 5.74) is 1.57. The lowest BCUT2D eigenvalue weighted by molar-refractivity contribution is 0.0697. The second kappa shape index (κ2) is 7.04. The summed E-state index contributed by atoms with van der Waals surface area (Å²) < 4.78 is 0. The second-order valence-electron chi connectivity index (χ2n) is 5.23. The maximum Gasteiger partial charge on any atom is 0.339 e. The fourth-order valence-corrected chi connectivity index (χ4v) is 2.25. The van der Waals surface area contributed by atoms with Gasteiger partial charge in [-0.15, -0.1) is 0 Å². The molecule has 1 aromatic heterocycles. The highest BCUT2D eigenvalue weighted by molar-refractivity contribution is 6.04. The SMILES string of the molecule is CC(CO)CCCNc1c(C(=O)O)cnc2ccccc12. The molecule has 0 bridgehead atoms. The molecule has 0 aliphatic heterocycles. The number of rotatable bonds is 7. The Bertz CT molecular complexity index is 628. The molecule has 0 aliphatic carbocycles. The number of hydrogen-bond acceptors (Lipinski definition) is 4. The van der Waals surface area contributed by atoms with Crippen LogP contribution in [0.3, 0.4) is 0 Å². The van der Waals surface area contributed by atoms with Gasteiger partial charge in [-0.2, -0.15) is 0 Å². The van der Waals surface area contributed by atoms with Gasteiger partial charge in [-0.1, -0.05) is 25.1 Å². The number of para-hydroxylation sites is 1. The van der Waals surface area contributed by atoms with Crippen LogP contribution in [0.15, 0.2) is 30.5 Å². The van der Waals surface area contributed by atoms with Crippen molar-refractivity contribution < 1.29 is 15.0 Å². The van der Waals surface area contributed by atoms with E-state index in [1.165, 1.54) is 6.20 Å². The van der Waals surface area contributed by atoms with Crippen molar-refractivity contribution in [2.75, 3.05) is 18.5 Å². The first-order chi connectivity index (χ1) is 10.1. The summed E-state index contributed by atoms with van der Waals surface area (Å²) in [5, 5.41) is 22.3. The molecule has 1 aromatic carbocycles. The third-order valence-corrected chi connectivity index (χ3v) is 3.49. The van der Waals surface area contributed by atoms with Crippen LogP contribution >= 0.6 is 0 Å². The summed E-state index contributed by atoms with van der Waals surface area (Å²) in [6, 6.07) is 7.48. The molecule has 2 rings (SSSR count). The number of pyridine rings is 1. The summed E-state index contributed by atoms with van der Waals surface area (Å²) in [4.78, 5) is 15.5. The monoisotopic (exact) mass is 288 g/mol. The molecule has 0 spiro atoms. The first-order valence-corrected chi connectivity index (χ1v) is 7.09. The minimum Gasteiger partial charge on any atom is -0.478 e. The van der Waals surface area contributed by atoms with Crippen LogP contribution in [0.25, 0.3) is 10.9 Å². The summed E-state index contributed by atoms with van der Waals surface area (Å²) in [6.45, 7) is 2.84. The normalized spacial score (nSPS) is 12.3. The highest BCUT2D eigenvalue weighted by Gasteiger charge is 2.14. The van der Waals surface area contributed by atoms with Crippen LogP contribution < -0.4 is 5.32 Å². The van der Waals surface area contributed by atoms with Crippen LogP contribution in [0.4, 0.5) is 5.69 Å². The van der Waals surface area contributed by atoms with Crippen molar-refractivity contribution in [3.8, 4) is 0 Å². The van der Waals surface area contributed by atoms with Crippen molar-refractivity contribution >= 4 is 22.6 Å². The molecular formula is C16H20N2O3. The molecule has 3 N–H and O–H groups in total. The number of anilines is 1. The first kappa shape index (κ1) is 15.3. The molecule has 0 radical (unpaired) electrons. The number of nitrogens with one attached hydrogen (secondary N) is 1. The lowest BCUT2D eigenvalue weighted by Gasteiger charge is -2.13. The Morgan fingerprint density at radius 3 is 2.86 bits per heavy atom. The van der Waals surface area contributed by atoms with E-state index in [2.05, 4.69) is 10.3 Å². The molecule has 1 heterocycles. The van der Waals surface area contributed by atoms with Crippen LogP contribution in [0.2, 0.25) is 0 Å². The maximum atomic E-state index is 11.3. The van der Waals surface area contributed by atoms with E-state index in [0.717, 1.165) is 23.7 Å². The quantitative estimate of drug-likeness (QED) is 0.682. The average molecular weight is 288 g/mol. The average Bonchev–Trinajstić information content (AvgIpc) is 2.50. The van der Waals surface area contributed by atoms with Crippen LogP contribution in [0, 0.1) is 5.92 Å². The van der Waals surface area contributed by atoms with Gasteiger partial charge in [0.1, 0.15) is 5.56 Å². The molecule has 0 amide bonds. The number of carboxylic acid groups (broad SMARTS) is 1. The number of hydrogen-bond donors (Lipinski definition) is 3. The highest BCUT2D eigenvalue weighted by atomic mass is 16.4. The molecule has 5 heteroatoms. The lowest BCUT2D eigenvalue weighted by atomic mass is 10.1. The summed E-state index contributed by atoms with van der Waals surface area (Å²) in [7, 11) is 0. The van der Waals surface area contributed by atoms with E-state index < -0.39 is 5.97 Å². The zero-order valence-corrected chi connectivity index (χ0v) is 12.0. The molecule has 0 aliphatic rings. The number of benzene rings is 1. The Morgan fingerprint density at radius 1 is 1.38 bits per heavy atom. The number of aromatic carboxylic acids is 1. The molecular weight excluding hydrogens is 268 g/mol. The topological polar surface area (TPSA) is 82.5 Å². The van der Waals surface area contributed by atoms with Gasteiger partial charge in [-0.25, -0.2) is 4.79 Å². The third-order valence-electron chi connectivity index (χ3n) is 3.49. The molecule has 112 valence electrons. The lowest BCUT2D eigenvalue weighted by Crippen LogP contribution is -2.10. The fraction of sp³-hybridized carbons (Fsp3) is 0.375. The summed E-state index contributed by atoms with van der Waals surface area (Å²) in [5.74, 6) is -0.723. The van der Waals surface area contributed by atoms with Crippen LogP contribution in [-0.2, 0) is 0 Å². The van der Waals surface area contributed by atoms with Gasteiger partial charge >= 0.3 is 5.97 Å². The standard InChI is InChI=1S/C16H20N2O3/c1-11(10-19)5-4-8-17-15-12-6-2-3-7-14(12)18-9-13(15)16(20)21/h2-3,6-7,9,11,19H,4-5,8,10H2,1H3,(H,17,18)(H,20,21). The van der Waals surface area contributed by atoms with Crippen LogP contribution in [-0.4, -0.2) is 34.3 Å². The van der Waals surface area contributed by atoms with E-state index in [9.17, 15) is 9.90 Å². The Kier molecular flexibility index (Phi) is 5.11. The van der Waals surface area contributed by atoms with E-state index in [0.29, 0.717) is 12.2 Å².